The molecule has 2 heterocycles. The highest BCUT2D eigenvalue weighted by Gasteiger charge is 2.53. The van der Waals surface area contributed by atoms with Crippen molar-refractivity contribution in [2.45, 2.75) is 95.2 Å². The van der Waals surface area contributed by atoms with Gasteiger partial charge in [0.2, 0.25) is 17.7 Å². The molecule has 2 aliphatic rings. The fourth-order valence-corrected chi connectivity index (χ4v) is 6.60. The van der Waals surface area contributed by atoms with Gasteiger partial charge in [0, 0.05) is 32.1 Å². The number of aryl methyl sites for hydroxylation is 1. The maximum absolute atomic E-state index is 14.2. The van der Waals surface area contributed by atoms with Gasteiger partial charge in [0.1, 0.15) is 23.2 Å². The molecule has 2 aromatic carbocycles. The van der Waals surface area contributed by atoms with E-state index < -0.39 is 53.4 Å². The Morgan fingerprint density at radius 1 is 1.14 bits per heavy atom. The Labute approximate surface area is 257 Å². The highest BCUT2D eigenvalue weighted by molar-refractivity contribution is 5.96. The van der Waals surface area contributed by atoms with E-state index in [4.69, 9.17) is 0 Å². The van der Waals surface area contributed by atoms with Crippen LogP contribution in [0, 0.1) is 17.6 Å². The summed E-state index contributed by atoms with van der Waals surface area (Å²) in [6.45, 7) is 5.73. The number of β-amino-alcohol motifs (C(OH)–C–C–N with tert-alkyl or cyclic N) is 1. The van der Waals surface area contributed by atoms with Crippen LogP contribution in [0.1, 0.15) is 57.6 Å². The lowest BCUT2D eigenvalue weighted by Crippen LogP contribution is -2.61. The largest absolute Gasteiger partial charge is 0.392 e. The lowest BCUT2D eigenvalue weighted by molar-refractivity contribution is -0.144. The first-order chi connectivity index (χ1) is 20.9. The molecule has 2 aliphatic heterocycles. The lowest BCUT2D eigenvalue weighted by Gasteiger charge is -2.36. The van der Waals surface area contributed by atoms with Crippen LogP contribution in [-0.4, -0.2) is 81.8 Å². The minimum atomic E-state index is -1.20. The van der Waals surface area contributed by atoms with E-state index in [0.29, 0.717) is 19.3 Å². The SMILES string of the molecule is CC[C@H](C)[C@@]1(NC(C)=O)CCN([C@@H](CCc2ccccc2)C(=O)N[C@@H](Cc2cc(F)cc(F)c2)[C@H](O)[C@H]2C[C@H](O)CN2)C1=O. The van der Waals surface area contributed by atoms with Gasteiger partial charge in [-0.1, -0.05) is 50.6 Å². The van der Waals surface area contributed by atoms with Crippen LogP contribution in [-0.2, 0) is 27.2 Å². The van der Waals surface area contributed by atoms with Crippen molar-refractivity contribution in [3.8, 4) is 0 Å². The molecule has 44 heavy (non-hydrogen) atoms. The van der Waals surface area contributed by atoms with Crippen molar-refractivity contribution >= 4 is 17.7 Å². The number of halogens is 2. The second-order valence-electron chi connectivity index (χ2n) is 12.2. The minimum Gasteiger partial charge on any atom is -0.392 e. The standard InChI is InChI=1S/C33H44F2N4O5/c1-4-20(2)33(38-21(3)40)12-13-39(32(33)44)29(11-10-22-8-6-5-7-9-22)31(43)37-28(30(42)27-18-26(41)19-36-27)16-23-14-24(34)17-25(35)15-23/h5-9,14-15,17,20,26-30,36,41-42H,4,10-13,16,18-19H2,1-3H3,(H,37,43)(H,38,40)/t20-,26-,27+,28-,29-,30+,33-/m0/s1. The van der Waals surface area contributed by atoms with E-state index in [1.807, 2.05) is 44.2 Å². The van der Waals surface area contributed by atoms with Crippen molar-refractivity contribution in [1.29, 1.82) is 0 Å². The first kappa shape index (κ1) is 33.5. The van der Waals surface area contributed by atoms with Crippen LogP contribution in [0.3, 0.4) is 0 Å². The molecule has 2 saturated heterocycles. The summed E-state index contributed by atoms with van der Waals surface area (Å²) >= 11 is 0. The van der Waals surface area contributed by atoms with Crippen LogP contribution in [0.15, 0.2) is 48.5 Å². The number of aliphatic hydroxyl groups is 2. The summed E-state index contributed by atoms with van der Waals surface area (Å²) in [6, 6.07) is 10.1. The molecule has 0 aromatic heterocycles. The Morgan fingerprint density at radius 2 is 1.82 bits per heavy atom. The molecule has 9 nitrogen and oxygen atoms in total. The van der Waals surface area contributed by atoms with Crippen molar-refractivity contribution in [2.24, 2.45) is 5.92 Å². The average Bonchev–Trinajstić information content (AvgIpc) is 3.55. The van der Waals surface area contributed by atoms with Crippen LogP contribution in [0.2, 0.25) is 0 Å². The number of nitrogens with zero attached hydrogens (tertiary/aromatic N) is 1. The van der Waals surface area contributed by atoms with Gasteiger partial charge in [-0.15, -0.1) is 0 Å². The molecular formula is C33H44F2N4O5. The van der Waals surface area contributed by atoms with Crippen molar-refractivity contribution in [3.63, 3.8) is 0 Å². The highest BCUT2D eigenvalue weighted by atomic mass is 19.1. The summed E-state index contributed by atoms with van der Waals surface area (Å²) in [5.74, 6) is -2.92. The van der Waals surface area contributed by atoms with Crippen LogP contribution >= 0.6 is 0 Å². The number of aliphatic hydroxyl groups excluding tert-OH is 2. The number of amides is 3. The summed E-state index contributed by atoms with van der Waals surface area (Å²) in [7, 11) is 0. The molecule has 4 rings (SSSR count). The number of hydrogen-bond acceptors (Lipinski definition) is 6. The zero-order valence-electron chi connectivity index (χ0n) is 25.6. The zero-order chi connectivity index (χ0) is 32.0. The molecule has 0 unspecified atom stereocenters. The monoisotopic (exact) mass is 614 g/mol. The lowest BCUT2D eigenvalue weighted by atomic mass is 9.81. The van der Waals surface area contributed by atoms with Gasteiger partial charge in [0.15, 0.2) is 0 Å². The smallest absolute Gasteiger partial charge is 0.249 e. The van der Waals surface area contributed by atoms with Crippen LogP contribution in [0.25, 0.3) is 0 Å². The molecule has 5 N–H and O–H groups in total. The summed E-state index contributed by atoms with van der Waals surface area (Å²) in [5.41, 5.74) is 0.0706. The fraction of sp³-hybridized carbons (Fsp3) is 0.545. The maximum atomic E-state index is 14.2. The summed E-state index contributed by atoms with van der Waals surface area (Å²) < 4.78 is 28.2. The van der Waals surface area contributed by atoms with E-state index in [1.165, 1.54) is 11.8 Å². The molecule has 0 aliphatic carbocycles. The number of nitrogens with one attached hydrogen (secondary N) is 3. The van der Waals surface area contributed by atoms with Gasteiger partial charge in [0.25, 0.3) is 0 Å². The normalized spacial score (nSPS) is 24.5. The van der Waals surface area contributed by atoms with Crippen LogP contribution in [0.5, 0.6) is 0 Å². The molecule has 3 amide bonds. The Bertz CT molecular complexity index is 1290. The van der Waals surface area contributed by atoms with Gasteiger partial charge >= 0.3 is 0 Å². The van der Waals surface area contributed by atoms with Gasteiger partial charge in [-0.2, -0.15) is 0 Å². The molecular weight excluding hydrogens is 570 g/mol. The van der Waals surface area contributed by atoms with E-state index in [1.54, 1.807) is 0 Å². The number of rotatable bonds is 13. The van der Waals surface area contributed by atoms with Gasteiger partial charge in [-0.05, 0) is 61.3 Å². The van der Waals surface area contributed by atoms with Gasteiger partial charge in [-0.3, -0.25) is 14.4 Å². The zero-order valence-corrected chi connectivity index (χ0v) is 25.6. The summed E-state index contributed by atoms with van der Waals surface area (Å²) in [4.78, 5) is 42.0. The quantitative estimate of drug-likeness (QED) is 0.235. The van der Waals surface area contributed by atoms with Crippen LogP contribution in [0.4, 0.5) is 8.78 Å². The van der Waals surface area contributed by atoms with Gasteiger partial charge < -0.3 is 31.1 Å². The topological polar surface area (TPSA) is 131 Å². The third-order valence-corrected chi connectivity index (χ3v) is 9.14. The molecule has 2 aromatic rings. The Morgan fingerprint density at radius 3 is 2.41 bits per heavy atom. The molecule has 0 radical (unpaired) electrons. The Hall–Kier alpha value is -3.41. The average molecular weight is 615 g/mol. The second-order valence-corrected chi connectivity index (χ2v) is 12.2. The molecule has 11 heteroatoms. The second kappa shape index (κ2) is 14.6. The number of likely N-dealkylation sites (tertiary alicyclic amines) is 1. The predicted octanol–water partition coefficient (Wildman–Crippen LogP) is 2.23. The van der Waals surface area contributed by atoms with Crippen LogP contribution < -0.4 is 16.0 Å². The molecule has 0 bridgehead atoms. The molecule has 7 atom stereocenters. The maximum Gasteiger partial charge on any atom is 0.249 e. The van der Waals surface area contributed by atoms with E-state index in [2.05, 4.69) is 16.0 Å². The third-order valence-electron chi connectivity index (χ3n) is 9.14. The Balaban J connectivity index is 1.64. The van der Waals surface area contributed by atoms with Crippen molar-refractivity contribution in [1.82, 2.24) is 20.9 Å². The number of benzene rings is 2. The molecule has 0 spiro atoms. The minimum absolute atomic E-state index is 0.0854. The predicted molar refractivity (Wildman–Crippen MR) is 161 cm³/mol. The van der Waals surface area contributed by atoms with E-state index in [9.17, 15) is 33.4 Å². The van der Waals surface area contributed by atoms with Crippen molar-refractivity contribution < 1.29 is 33.4 Å². The molecule has 0 saturated carbocycles. The first-order valence-corrected chi connectivity index (χ1v) is 15.4. The van der Waals surface area contributed by atoms with Crippen molar-refractivity contribution in [2.75, 3.05) is 13.1 Å². The Kier molecular flexibility index (Phi) is 11.1. The fourth-order valence-electron chi connectivity index (χ4n) is 6.60. The van der Waals surface area contributed by atoms with Crippen molar-refractivity contribution in [3.05, 3.63) is 71.3 Å². The molecule has 2 fully saturated rings. The third kappa shape index (κ3) is 7.80. The van der Waals surface area contributed by atoms with Gasteiger partial charge in [0.05, 0.1) is 18.2 Å². The van der Waals surface area contributed by atoms with E-state index in [-0.39, 0.29) is 55.6 Å². The highest BCUT2D eigenvalue weighted by Crippen LogP contribution is 2.34. The summed E-state index contributed by atoms with van der Waals surface area (Å²) in [6.07, 6.45) is 0.00608. The number of carbonyl (C=O) groups excluding carboxylic acids is 3. The molecule has 240 valence electrons. The summed E-state index contributed by atoms with van der Waals surface area (Å²) in [5, 5.41) is 30.3. The first-order valence-electron chi connectivity index (χ1n) is 15.4. The van der Waals surface area contributed by atoms with Gasteiger partial charge in [-0.25, -0.2) is 8.78 Å². The number of hydrogen-bond donors (Lipinski definition) is 5. The van der Waals surface area contributed by atoms with E-state index >= 15 is 0 Å². The van der Waals surface area contributed by atoms with E-state index in [0.717, 1.165) is 23.8 Å². The number of carbonyl (C=O) groups is 3.